The lowest BCUT2D eigenvalue weighted by Crippen LogP contribution is -2.18. The minimum Gasteiger partial charge on any atom is -0.481 e. The van der Waals surface area contributed by atoms with Gasteiger partial charge >= 0.3 is 5.97 Å². The molecule has 0 bridgehead atoms. The Hall–Kier alpha value is -1.62. The van der Waals surface area contributed by atoms with E-state index in [0.29, 0.717) is 11.3 Å². The van der Waals surface area contributed by atoms with Crippen molar-refractivity contribution in [3.8, 4) is 0 Å². The molecule has 5 heteroatoms. The summed E-state index contributed by atoms with van der Waals surface area (Å²) in [7, 11) is 0. The van der Waals surface area contributed by atoms with Gasteiger partial charge in [0.2, 0.25) is 5.56 Å². The number of carbonyl (C=O) groups is 1. The van der Waals surface area contributed by atoms with Crippen molar-refractivity contribution < 1.29 is 9.90 Å². The van der Waals surface area contributed by atoms with Crippen LogP contribution in [-0.4, -0.2) is 16.1 Å². The molecule has 0 radical (unpaired) electrons. The first-order valence-corrected chi connectivity index (χ1v) is 4.18. The van der Waals surface area contributed by atoms with Crippen molar-refractivity contribution in [2.75, 3.05) is 0 Å². The van der Waals surface area contributed by atoms with E-state index in [2.05, 4.69) is 4.98 Å². The quantitative estimate of drug-likeness (QED) is 0.641. The second-order valence-electron chi connectivity index (χ2n) is 3.11. The lowest BCUT2D eigenvalue weighted by Gasteiger charge is -2.11. The maximum Gasteiger partial charge on any atom is 0.305 e. The van der Waals surface area contributed by atoms with Gasteiger partial charge in [-0.2, -0.15) is 0 Å². The average molecular weight is 196 g/mol. The second kappa shape index (κ2) is 4.06. The predicted octanol–water partition coefficient (Wildman–Crippen LogP) is 0.158. The molecule has 0 aromatic carbocycles. The molecule has 0 saturated carbocycles. The summed E-state index contributed by atoms with van der Waals surface area (Å²) in [5.74, 6) is -0.955. The van der Waals surface area contributed by atoms with Gasteiger partial charge in [0.25, 0.3) is 0 Å². The molecule has 0 aliphatic rings. The number of pyridine rings is 1. The molecule has 1 aromatic rings. The third-order valence-electron chi connectivity index (χ3n) is 1.95. The Bertz CT molecular complexity index is 397. The van der Waals surface area contributed by atoms with Crippen molar-refractivity contribution in [1.29, 1.82) is 0 Å². The van der Waals surface area contributed by atoms with Gasteiger partial charge < -0.3 is 15.8 Å². The van der Waals surface area contributed by atoms with Gasteiger partial charge in [0.1, 0.15) is 0 Å². The molecule has 4 N–H and O–H groups in total. The molecule has 0 aliphatic heterocycles. The van der Waals surface area contributed by atoms with E-state index < -0.39 is 12.0 Å². The van der Waals surface area contributed by atoms with E-state index in [0.717, 1.165) is 0 Å². The van der Waals surface area contributed by atoms with E-state index in [-0.39, 0.29) is 12.0 Å². The fraction of sp³-hybridized carbons (Fsp3) is 0.333. The van der Waals surface area contributed by atoms with E-state index >= 15 is 0 Å². The molecule has 0 amide bonds. The van der Waals surface area contributed by atoms with Crippen LogP contribution in [0.3, 0.4) is 0 Å². The van der Waals surface area contributed by atoms with E-state index in [4.69, 9.17) is 10.8 Å². The number of nitrogens with two attached hydrogens (primary N) is 1. The zero-order valence-corrected chi connectivity index (χ0v) is 7.78. The standard InChI is InChI=1S/C9H12N2O3/c1-5-6(2-3-8(12)11-5)7(10)4-9(13)14/h2-3,7H,4,10H2,1H3,(H,11,12)(H,13,14)/t7-/m0/s1. The van der Waals surface area contributed by atoms with Crippen LogP contribution in [0.25, 0.3) is 0 Å². The van der Waals surface area contributed by atoms with Crippen molar-refractivity contribution in [2.24, 2.45) is 5.73 Å². The fourth-order valence-corrected chi connectivity index (χ4v) is 1.29. The lowest BCUT2D eigenvalue weighted by molar-refractivity contribution is -0.137. The first-order chi connectivity index (χ1) is 6.50. The van der Waals surface area contributed by atoms with Crippen LogP contribution in [0, 0.1) is 6.92 Å². The Kier molecular flexibility index (Phi) is 3.03. The number of H-pyrrole nitrogens is 1. The maximum atomic E-state index is 10.9. The average Bonchev–Trinajstić information content (AvgIpc) is 2.01. The first kappa shape index (κ1) is 10.5. The van der Waals surface area contributed by atoms with Gasteiger partial charge in [-0.3, -0.25) is 9.59 Å². The molecule has 0 spiro atoms. The third kappa shape index (κ3) is 2.43. The highest BCUT2D eigenvalue weighted by atomic mass is 16.4. The minimum atomic E-state index is -0.955. The van der Waals surface area contributed by atoms with E-state index in [1.54, 1.807) is 13.0 Å². The van der Waals surface area contributed by atoms with Crippen molar-refractivity contribution in [1.82, 2.24) is 4.98 Å². The summed E-state index contributed by atoms with van der Waals surface area (Å²) < 4.78 is 0. The van der Waals surface area contributed by atoms with Crippen molar-refractivity contribution in [3.05, 3.63) is 33.7 Å². The fourth-order valence-electron chi connectivity index (χ4n) is 1.29. The van der Waals surface area contributed by atoms with Gasteiger partial charge in [-0.15, -0.1) is 0 Å². The summed E-state index contributed by atoms with van der Waals surface area (Å²) in [6, 6.07) is 2.32. The number of aromatic amines is 1. The highest BCUT2D eigenvalue weighted by molar-refractivity contribution is 5.67. The topological polar surface area (TPSA) is 96.2 Å². The number of hydrogen-bond donors (Lipinski definition) is 3. The Morgan fingerprint density at radius 3 is 2.79 bits per heavy atom. The van der Waals surface area contributed by atoms with Crippen LogP contribution in [0.4, 0.5) is 0 Å². The van der Waals surface area contributed by atoms with Gasteiger partial charge in [0.05, 0.1) is 6.42 Å². The normalized spacial score (nSPS) is 12.4. The molecule has 76 valence electrons. The number of aryl methyl sites for hydroxylation is 1. The van der Waals surface area contributed by atoms with Crippen molar-refractivity contribution in [2.45, 2.75) is 19.4 Å². The van der Waals surface area contributed by atoms with Crippen LogP contribution in [0.1, 0.15) is 23.7 Å². The molecular weight excluding hydrogens is 184 g/mol. The van der Waals surface area contributed by atoms with Gasteiger partial charge in [-0.25, -0.2) is 0 Å². The number of aromatic nitrogens is 1. The number of rotatable bonds is 3. The summed E-state index contributed by atoms with van der Waals surface area (Å²) in [6.45, 7) is 1.69. The molecule has 1 rings (SSSR count). The second-order valence-corrected chi connectivity index (χ2v) is 3.11. The number of hydrogen-bond acceptors (Lipinski definition) is 3. The summed E-state index contributed by atoms with van der Waals surface area (Å²) >= 11 is 0. The number of carboxylic acid groups (broad SMARTS) is 1. The lowest BCUT2D eigenvalue weighted by atomic mass is 10.0. The predicted molar refractivity (Wildman–Crippen MR) is 51.0 cm³/mol. The van der Waals surface area contributed by atoms with Crippen LogP contribution in [0.2, 0.25) is 0 Å². The third-order valence-corrected chi connectivity index (χ3v) is 1.95. The molecule has 0 unspecified atom stereocenters. The zero-order chi connectivity index (χ0) is 10.7. The van der Waals surface area contributed by atoms with Gasteiger partial charge in [-0.1, -0.05) is 6.07 Å². The first-order valence-electron chi connectivity index (χ1n) is 4.18. The van der Waals surface area contributed by atoms with Crippen LogP contribution in [0.5, 0.6) is 0 Å². The molecule has 14 heavy (non-hydrogen) atoms. The van der Waals surface area contributed by atoms with Crippen molar-refractivity contribution >= 4 is 5.97 Å². The van der Waals surface area contributed by atoms with Gasteiger partial charge in [0, 0.05) is 17.8 Å². The number of carboxylic acids is 1. The summed E-state index contributed by atoms with van der Waals surface area (Å²) in [6.07, 6.45) is -0.146. The molecule has 0 aliphatic carbocycles. The molecule has 1 aromatic heterocycles. The van der Waals surface area contributed by atoms with E-state index in [1.807, 2.05) is 0 Å². The molecule has 1 atom stereocenters. The molecule has 5 nitrogen and oxygen atoms in total. The molecule has 1 heterocycles. The highest BCUT2D eigenvalue weighted by Crippen LogP contribution is 2.14. The van der Waals surface area contributed by atoms with Gasteiger partial charge in [-0.05, 0) is 12.5 Å². The number of aliphatic carboxylic acids is 1. The Morgan fingerprint density at radius 2 is 2.29 bits per heavy atom. The van der Waals surface area contributed by atoms with Crippen LogP contribution in [0.15, 0.2) is 16.9 Å². The number of nitrogens with one attached hydrogen (secondary N) is 1. The van der Waals surface area contributed by atoms with Crippen LogP contribution < -0.4 is 11.3 Å². The van der Waals surface area contributed by atoms with Crippen molar-refractivity contribution in [3.63, 3.8) is 0 Å². The summed E-state index contributed by atoms with van der Waals surface area (Å²) in [4.78, 5) is 23.8. The highest BCUT2D eigenvalue weighted by Gasteiger charge is 2.12. The largest absolute Gasteiger partial charge is 0.481 e. The van der Waals surface area contributed by atoms with E-state index in [9.17, 15) is 9.59 Å². The Morgan fingerprint density at radius 1 is 1.64 bits per heavy atom. The molecule has 0 saturated heterocycles. The van der Waals surface area contributed by atoms with Crippen LogP contribution >= 0.6 is 0 Å². The SMILES string of the molecule is Cc1[nH]c(=O)ccc1[C@@H](N)CC(=O)O. The van der Waals surface area contributed by atoms with Gasteiger partial charge in [0.15, 0.2) is 0 Å². The Labute approximate surface area is 80.6 Å². The summed E-state index contributed by atoms with van der Waals surface area (Å²) in [5, 5.41) is 8.54. The minimum absolute atomic E-state index is 0.146. The van der Waals surface area contributed by atoms with Crippen LogP contribution in [-0.2, 0) is 4.79 Å². The zero-order valence-electron chi connectivity index (χ0n) is 7.78. The molecular formula is C9H12N2O3. The molecule has 0 fully saturated rings. The maximum absolute atomic E-state index is 10.9. The smallest absolute Gasteiger partial charge is 0.305 e. The Balaban J connectivity index is 2.95. The monoisotopic (exact) mass is 196 g/mol. The summed E-state index contributed by atoms with van der Waals surface area (Å²) in [5.41, 5.74) is 6.71. The van der Waals surface area contributed by atoms with E-state index in [1.165, 1.54) is 6.07 Å².